The van der Waals surface area contributed by atoms with Gasteiger partial charge in [0.15, 0.2) is 9.84 Å². The van der Waals surface area contributed by atoms with Crippen LogP contribution in [-0.2, 0) is 15.8 Å². The number of rotatable bonds is 7. The maximum Gasteiger partial charge on any atom is 0.316 e. The van der Waals surface area contributed by atoms with Gasteiger partial charge in [-0.05, 0) is 61.4 Å². The van der Waals surface area contributed by atoms with Gasteiger partial charge in [-0.3, -0.25) is 0 Å². The van der Waals surface area contributed by atoms with Crippen LogP contribution in [0.4, 0.5) is 8.78 Å². The summed E-state index contributed by atoms with van der Waals surface area (Å²) in [4.78, 5) is 4.64. The zero-order valence-electron chi connectivity index (χ0n) is 21.3. The van der Waals surface area contributed by atoms with Gasteiger partial charge in [-0.2, -0.15) is 8.78 Å². The van der Waals surface area contributed by atoms with E-state index in [9.17, 15) is 8.42 Å². The number of hydrogen-bond donors (Lipinski definition) is 0. The number of hydrogen-bond acceptors (Lipinski definition) is 5. The van der Waals surface area contributed by atoms with Crippen molar-refractivity contribution in [1.29, 1.82) is 0 Å². The number of aromatic nitrogens is 5. The molecule has 0 aliphatic rings. The van der Waals surface area contributed by atoms with E-state index in [0.29, 0.717) is 33.3 Å². The highest BCUT2D eigenvalue weighted by molar-refractivity contribution is 7.91. The first-order valence-electron chi connectivity index (χ1n) is 12.1. The third kappa shape index (κ3) is 4.97. The van der Waals surface area contributed by atoms with Crippen molar-refractivity contribution >= 4 is 21.4 Å². The molecule has 5 rings (SSSR count). The predicted molar refractivity (Wildman–Crippen MR) is 146 cm³/mol. The molecule has 0 radical (unpaired) electrons. The molecule has 39 heavy (non-hydrogen) atoms. The molecule has 0 unspecified atom stereocenters. The van der Waals surface area contributed by atoms with Crippen LogP contribution in [0.3, 0.4) is 0 Å². The molecule has 0 saturated carbocycles. The second kappa shape index (κ2) is 10.0. The highest BCUT2D eigenvalue weighted by Gasteiger charge is 2.39. The third-order valence-electron chi connectivity index (χ3n) is 6.45. The van der Waals surface area contributed by atoms with E-state index in [1.807, 2.05) is 13.8 Å². The quantitative estimate of drug-likeness (QED) is 0.230. The SMILES string of the molecule is CCS(=O)(=O)c1cccc(-c2ccc(-n3cc(C)nc3C)c(-n3nncc3C(F)(F)c3ccc(Cl)cc3)c2)c1. The summed E-state index contributed by atoms with van der Waals surface area (Å²) < 4.78 is 59.6. The Kier molecular flexibility index (Phi) is 6.86. The van der Waals surface area contributed by atoms with Crippen LogP contribution < -0.4 is 0 Å². The summed E-state index contributed by atoms with van der Waals surface area (Å²) in [5.41, 5.74) is 2.14. The first-order valence-corrected chi connectivity index (χ1v) is 14.1. The Balaban J connectivity index is 1.73. The van der Waals surface area contributed by atoms with Crippen molar-refractivity contribution < 1.29 is 17.2 Å². The van der Waals surface area contributed by atoms with Gasteiger partial charge in [0.25, 0.3) is 0 Å². The van der Waals surface area contributed by atoms with E-state index in [-0.39, 0.29) is 16.2 Å². The van der Waals surface area contributed by atoms with E-state index in [2.05, 4.69) is 15.3 Å². The molecule has 0 aliphatic heterocycles. The fraction of sp³-hybridized carbons (Fsp3) is 0.179. The summed E-state index contributed by atoms with van der Waals surface area (Å²) in [6.45, 7) is 5.23. The Labute approximate surface area is 229 Å². The highest BCUT2D eigenvalue weighted by atomic mass is 35.5. The standard InChI is InChI=1S/C28H24ClF2N5O2S/c1-4-39(37,38)24-7-5-6-20(14-24)21-8-13-25(35-17-18(2)33-19(35)3)26(15-21)36-27(16-32-34-36)28(30,31)22-9-11-23(29)12-10-22/h5-17H,4H2,1-3H3. The molecule has 200 valence electrons. The molecule has 5 aromatic rings. The van der Waals surface area contributed by atoms with Gasteiger partial charge in [0.1, 0.15) is 11.5 Å². The van der Waals surface area contributed by atoms with Gasteiger partial charge >= 0.3 is 5.92 Å². The summed E-state index contributed by atoms with van der Waals surface area (Å²) in [6.07, 6.45) is 2.84. The normalized spacial score (nSPS) is 12.2. The Hall–Kier alpha value is -3.89. The van der Waals surface area contributed by atoms with Gasteiger partial charge in [0, 0.05) is 16.8 Å². The number of benzene rings is 3. The van der Waals surface area contributed by atoms with Crippen molar-refractivity contribution in [3.63, 3.8) is 0 Å². The maximum atomic E-state index is 15.8. The van der Waals surface area contributed by atoms with Crippen molar-refractivity contribution in [3.8, 4) is 22.5 Å². The minimum absolute atomic E-state index is 0.0397. The Morgan fingerprint density at radius 1 is 0.949 bits per heavy atom. The number of imidazole rings is 1. The summed E-state index contributed by atoms with van der Waals surface area (Å²) >= 11 is 5.92. The minimum atomic E-state index is -3.45. The van der Waals surface area contributed by atoms with E-state index in [1.165, 1.54) is 30.3 Å². The molecule has 0 spiro atoms. The van der Waals surface area contributed by atoms with Crippen LogP contribution in [0.15, 0.2) is 84.0 Å². The molecular formula is C28H24ClF2N5O2S. The van der Waals surface area contributed by atoms with E-state index in [1.54, 1.807) is 54.1 Å². The molecule has 0 aliphatic carbocycles. The molecule has 0 fully saturated rings. The lowest BCUT2D eigenvalue weighted by molar-refractivity contribution is 0.0353. The molecule has 2 aromatic heterocycles. The smallest absolute Gasteiger partial charge is 0.302 e. The van der Waals surface area contributed by atoms with E-state index in [0.717, 1.165) is 16.6 Å². The van der Waals surface area contributed by atoms with E-state index < -0.39 is 21.5 Å². The van der Waals surface area contributed by atoms with Gasteiger partial charge in [-0.25, -0.2) is 18.1 Å². The monoisotopic (exact) mass is 567 g/mol. The van der Waals surface area contributed by atoms with Crippen LogP contribution in [0.1, 0.15) is 29.7 Å². The number of alkyl halides is 2. The highest BCUT2D eigenvalue weighted by Crippen LogP contribution is 2.38. The molecule has 3 aromatic carbocycles. The Morgan fingerprint density at radius 3 is 2.33 bits per heavy atom. The van der Waals surface area contributed by atoms with Crippen LogP contribution in [0.5, 0.6) is 0 Å². The molecule has 11 heteroatoms. The fourth-order valence-corrected chi connectivity index (χ4v) is 5.46. The molecule has 2 heterocycles. The van der Waals surface area contributed by atoms with Crippen molar-refractivity contribution in [3.05, 3.63) is 107 Å². The van der Waals surface area contributed by atoms with Gasteiger partial charge in [0.2, 0.25) is 0 Å². The molecular weight excluding hydrogens is 544 g/mol. The fourth-order valence-electron chi connectivity index (χ4n) is 4.41. The van der Waals surface area contributed by atoms with Gasteiger partial charge in [-0.1, -0.05) is 54.1 Å². The number of aryl methyl sites for hydroxylation is 2. The predicted octanol–water partition coefficient (Wildman–Crippen LogP) is 6.32. The van der Waals surface area contributed by atoms with Gasteiger partial charge in [0.05, 0.1) is 33.9 Å². The van der Waals surface area contributed by atoms with Crippen LogP contribution >= 0.6 is 11.6 Å². The summed E-state index contributed by atoms with van der Waals surface area (Å²) in [6, 6.07) is 17.1. The lowest BCUT2D eigenvalue weighted by Gasteiger charge is -2.20. The average molecular weight is 568 g/mol. The number of sulfone groups is 1. The zero-order valence-corrected chi connectivity index (χ0v) is 22.9. The second-order valence-corrected chi connectivity index (χ2v) is 11.8. The van der Waals surface area contributed by atoms with Crippen molar-refractivity contribution in [2.45, 2.75) is 31.6 Å². The van der Waals surface area contributed by atoms with Crippen LogP contribution in [0, 0.1) is 13.8 Å². The lowest BCUT2D eigenvalue weighted by atomic mass is 10.0. The molecule has 0 amide bonds. The zero-order chi connectivity index (χ0) is 27.9. The van der Waals surface area contributed by atoms with Crippen molar-refractivity contribution in [2.24, 2.45) is 0 Å². The topological polar surface area (TPSA) is 82.7 Å². The lowest BCUT2D eigenvalue weighted by Crippen LogP contribution is -2.21. The molecule has 0 N–H and O–H groups in total. The van der Waals surface area contributed by atoms with Crippen LogP contribution in [-0.4, -0.2) is 38.7 Å². The molecule has 0 saturated heterocycles. The van der Waals surface area contributed by atoms with Gasteiger partial charge < -0.3 is 4.57 Å². The molecule has 0 atom stereocenters. The first-order chi connectivity index (χ1) is 18.5. The average Bonchev–Trinajstić information content (AvgIpc) is 3.55. The molecule has 7 nitrogen and oxygen atoms in total. The first kappa shape index (κ1) is 26.7. The molecule has 0 bridgehead atoms. The van der Waals surface area contributed by atoms with Crippen LogP contribution in [0.2, 0.25) is 5.02 Å². The summed E-state index contributed by atoms with van der Waals surface area (Å²) in [5.74, 6) is -2.83. The Morgan fingerprint density at radius 2 is 1.67 bits per heavy atom. The van der Waals surface area contributed by atoms with Crippen molar-refractivity contribution in [2.75, 3.05) is 5.75 Å². The Bertz CT molecular complexity index is 1780. The number of nitrogens with zero attached hydrogens (tertiary/aromatic N) is 5. The summed E-state index contributed by atoms with van der Waals surface area (Å²) in [5, 5.41) is 8.23. The summed E-state index contributed by atoms with van der Waals surface area (Å²) in [7, 11) is -3.44. The van der Waals surface area contributed by atoms with Gasteiger partial charge in [-0.15, -0.1) is 5.10 Å². The maximum absolute atomic E-state index is 15.8. The van der Waals surface area contributed by atoms with E-state index >= 15 is 8.78 Å². The largest absolute Gasteiger partial charge is 0.316 e. The third-order valence-corrected chi connectivity index (χ3v) is 8.43. The van der Waals surface area contributed by atoms with E-state index in [4.69, 9.17) is 11.6 Å². The van der Waals surface area contributed by atoms with Crippen molar-refractivity contribution in [1.82, 2.24) is 24.5 Å². The second-order valence-electron chi connectivity index (χ2n) is 9.05. The minimum Gasteiger partial charge on any atom is -0.302 e. The van der Waals surface area contributed by atoms with Crippen LogP contribution in [0.25, 0.3) is 22.5 Å². The number of halogens is 3.